The Hall–Kier alpha value is -0.960. The fourth-order valence-electron chi connectivity index (χ4n) is 5.60. The van der Waals surface area contributed by atoms with Gasteiger partial charge in [0.2, 0.25) is 0 Å². The summed E-state index contributed by atoms with van der Waals surface area (Å²) in [5.41, 5.74) is 6.91. The molecular weight excluding hydrogens is 234 g/mol. The van der Waals surface area contributed by atoms with Crippen LogP contribution in [0.15, 0.2) is 18.5 Å². The van der Waals surface area contributed by atoms with Crippen LogP contribution in [0, 0.1) is 23.2 Å². The van der Waals surface area contributed by atoms with Gasteiger partial charge in [-0.2, -0.15) is 0 Å². The van der Waals surface area contributed by atoms with Crippen LogP contribution in [0.2, 0.25) is 0 Å². The maximum absolute atomic E-state index is 6.39. The van der Waals surface area contributed by atoms with Crippen molar-refractivity contribution in [1.82, 2.24) is 9.97 Å². The van der Waals surface area contributed by atoms with Gasteiger partial charge in [-0.05, 0) is 74.2 Å². The standard InChI is InChI=1S/C16H23N3/c17-14(15-18-2-1-3-19-15)10-16-7-11-4-12(8-16)6-13(5-11)9-16/h1-3,11-14H,4-10,17H2. The Morgan fingerprint density at radius 3 is 2.11 bits per heavy atom. The van der Waals surface area contributed by atoms with Gasteiger partial charge in [-0.25, -0.2) is 9.97 Å². The Morgan fingerprint density at radius 2 is 1.58 bits per heavy atom. The van der Waals surface area contributed by atoms with E-state index in [-0.39, 0.29) is 6.04 Å². The summed E-state index contributed by atoms with van der Waals surface area (Å²) in [4.78, 5) is 8.68. The maximum atomic E-state index is 6.39. The van der Waals surface area contributed by atoms with E-state index in [9.17, 15) is 0 Å². The van der Waals surface area contributed by atoms with Crippen LogP contribution < -0.4 is 5.73 Å². The monoisotopic (exact) mass is 257 g/mol. The second-order valence-corrected chi connectivity index (χ2v) is 7.34. The minimum Gasteiger partial charge on any atom is -0.321 e. The molecule has 4 aliphatic carbocycles. The van der Waals surface area contributed by atoms with Gasteiger partial charge in [-0.1, -0.05) is 0 Å². The maximum Gasteiger partial charge on any atom is 0.144 e. The van der Waals surface area contributed by atoms with E-state index in [1.165, 1.54) is 38.5 Å². The van der Waals surface area contributed by atoms with Crippen molar-refractivity contribution in [2.45, 2.75) is 51.0 Å². The lowest BCUT2D eigenvalue weighted by Crippen LogP contribution is -2.47. The molecule has 1 aromatic rings. The average molecular weight is 257 g/mol. The first-order chi connectivity index (χ1) is 9.22. The largest absolute Gasteiger partial charge is 0.321 e. The first kappa shape index (κ1) is 11.8. The van der Waals surface area contributed by atoms with Crippen molar-refractivity contribution in [3.05, 3.63) is 24.3 Å². The second kappa shape index (κ2) is 4.27. The summed E-state index contributed by atoms with van der Waals surface area (Å²) in [5, 5.41) is 0. The lowest BCUT2D eigenvalue weighted by atomic mass is 9.48. The first-order valence-corrected chi connectivity index (χ1v) is 7.75. The van der Waals surface area contributed by atoms with Gasteiger partial charge in [0.15, 0.2) is 0 Å². The molecule has 0 radical (unpaired) electrons. The second-order valence-electron chi connectivity index (χ2n) is 7.34. The number of hydrogen-bond acceptors (Lipinski definition) is 3. The summed E-state index contributed by atoms with van der Waals surface area (Å²) in [6.45, 7) is 0. The molecule has 3 nitrogen and oxygen atoms in total. The highest BCUT2D eigenvalue weighted by Gasteiger charge is 2.51. The number of rotatable bonds is 3. The first-order valence-electron chi connectivity index (χ1n) is 7.75. The molecule has 1 atom stereocenters. The van der Waals surface area contributed by atoms with Gasteiger partial charge in [-0.15, -0.1) is 0 Å². The quantitative estimate of drug-likeness (QED) is 0.905. The molecule has 1 unspecified atom stereocenters. The average Bonchev–Trinajstić information content (AvgIpc) is 2.37. The third kappa shape index (κ3) is 2.08. The fraction of sp³-hybridized carbons (Fsp3) is 0.750. The zero-order valence-corrected chi connectivity index (χ0v) is 11.5. The zero-order valence-electron chi connectivity index (χ0n) is 11.5. The van der Waals surface area contributed by atoms with Crippen molar-refractivity contribution >= 4 is 0 Å². The van der Waals surface area contributed by atoms with Gasteiger partial charge in [0, 0.05) is 12.4 Å². The fourth-order valence-corrected chi connectivity index (χ4v) is 5.60. The summed E-state index contributed by atoms with van der Waals surface area (Å²) in [7, 11) is 0. The Balaban J connectivity index is 1.53. The highest BCUT2D eigenvalue weighted by Crippen LogP contribution is 2.62. The molecular formula is C16H23N3. The van der Waals surface area contributed by atoms with Crippen LogP contribution in [-0.4, -0.2) is 9.97 Å². The molecule has 5 rings (SSSR count). The van der Waals surface area contributed by atoms with Crippen LogP contribution in [0.25, 0.3) is 0 Å². The zero-order chi connectivity index (χ0) is 12.9. The topological polar surface area (TPSA) is 51.8 Å². The summed E-state index contributed by atoms with van der Waals surface area (Å²) >= 11 is 0. The lowest BCUT2D eigenvalue weighted by molar-refractivity contribution is -0.0608. The smallest absolute Gasteiger partial charge is 0.144 e. The molecule has 4 aliphatic rings. The van der Waals surface area contributed by atoms with Crippen LogP contribution >= 0.6 is 0 Å². The molecule has 0 saturated heterocycles. The Morgan fingerprint density at radius 1 is 1.05 bits per heavy atom. The van der Waals surface area contributed by atoms with Crippen molar-refractivity contribution in [3.8, 4) is 0 Å². The summed E-state index contributed by atoms with van der Waals surface area (Å²) < 4.78 is 0. The molecule has 1 heterocycles. The summed E-state index contributed by atoms with van der Waals surface area (Å²) in [6, 6.07) is 1.89. The molecule has 2 N–H and O–H groups in total. The van der Waals surface area contributed by atoms with E-state index in [0.717, 1.165) is 30.0 Å². The number of aromatic nitrogens is 2. The van der Waals surface area contributed by atoms with E-state index in [4.69, 9.17) is 5.73 Å². The van der Waals surface area contributed by atoms with E-state index in [2.05, 4.69) is 9.97 Å². The van der Waals surface area contributed by atoms with Crippen molar-refractivity contribution in [1.29, 1.82) is 0 Å². The SMILES string of the molecule is NC(CC12CC3CC(CC(C3)C1)C2)c1ncccn1. The third-order valence-corrected chi connectivity index (χ3v) is 5.74. The summed E-state index contributed by atoms with van der Waals surface area (Å²) in [6.07, 6.45) is 13.5. The highest BCUT2D eigenvalue weighted by atomic mass is 14.9. The molecule has 4 bridgehead atoms. The van der Waals surface area contributed by atoms with Gasteiger partial charge >= 0.3 is 0 Å². The molecule has 102 valence electrons. The van der Waals surface area contributed by atoms with Crippen molar-refractivity contribution in [2.75, 3.05) is 0 Å². The van der Waals surface area contributed by atoms with Gasteiger partial charge < -0.3 is 5.73 Å². The normalized spacial score (nSPS) is 41.4. The van der Waals surface area contributed by atoms with Crippen molar-refractivity contribution < 1.29 is 0 Å². The molecule has 4 fully saturated rings. The number of nitrogens with two attached hydrogens (primary N) is 1. The van der Waals surface area contributed by atoms with Crippen molar-refractivity contribution in [3.63, 3.8) is 0 Å². The Kier molecular flexibility index (Phi) is 2.66. The third-order valence-electron chi connectivity index (χ3n) is 5.74. The van der Waals surface area contributed by atoms with E-state index >= 15 is 0 Å². The van der Waals surface area contributed by atoms with E-state index in [1.807, 2.05) is 18.5 Å². The van der Waals surface area contributed by atoms with Crippen LogP contribution in [0.4, 0.5) is 0 Å². The van der Waals surface area contributed by atoms with Crippen LogP contribution in [0.1, 0.15) is 56.8 Å². The van der Waals surface area contributed by atoms with Crippen LogP contribution in [0.3, 0.4) is 0 Å². The van der Waals surface area contributed by atoms with Crippen LogP contribution in [-0.2, 0) is 0 Å². The molecule has 0 aliphatic heterocycles. The molecule has 1 aromatic heterocycles. The van der Waals surface area contributed by atoms with E-state index in [1.54, 1.807) is 0 Å². The molecule has 3 heteroatoms. The lowest BCUT2D eigenvalue weighted by Gasteiger charge is -2.57. The number of nitrogens with zero attached hydrogens (tertiary/aromatic N) is 2. The molecule has 19 heavy (non-hydrogen) atoms. The van der Waals surface area contributed by atoms with Gasteiger partial charge in [0.05, 0.1) is 6.04 Å². The predicted octanol–water partition coefficient (Wildman–Crippen LogP) is 3.08. The van der Waals surface area contributed by atoms with E-state index in [0.29, 0.717) is 5.41 Å². The summed E-state index contributed by atoms with van der Waals surface area (Å²) in [5.74, 6) is 3.82. The van der Waals surface area contributed by atoms with E-state index < -0.39 is 0 Å². The Labute approximate surface area is 115 Å². The van der Waals surface area contributed by atoms with Crippen LogP contribution in [0.5, 0.6) is 0 Å². The highest BCUT2D eigenvalue weighted by molar-refractivity contribution is 5.05. The van der Waals surface area contributed by atoms with Gasteiger partial charge in [-0.3, -0.25) is 0 Å². The number of hydrogen-bond donors (Lipinski definition) is 1. The van der Waals surface area contributed by atoms with Gasteiger partial charge in [0.1, 0.15) is 5.82 Å². The Bertz CT molecular complexity index is 421. The molecule has 0 spiro atoms. The van der Waals surface area contributed by atoms with Crippen molar-refractivity contribution in [2.24, 2.45) is 28.9 Å². The molecule has 4 saturated carbocycles. The minimum absolute atomic E-state index is 0.0254. The molecule has 0 amide bonds. The predicted molar refractivity (Wildman–Crippen MR) is 74.2 cm³/mol. The van der Waals surface area contributed by atoms with Gasteiger partial charge in [0.25, 0.3) is 0 Å². The molecule has 0 aromatic carbocycles. The minimum atomic E-state index is 0.0254.